The van der Waals surface area contributed by atoms with Crippen molar-refractivity contribution in [3.63, 3.8) is 0 Å². The lowest BCUT2D eigenvalue weighted by Gasteiger charge is -2.25. The molecule has 23 heavy (non-hydrogen) atoms. The van der Waals surface area contributed by atoms with Gasteiger partial charge in [0.25, 0.3) is 5.91 Å². The number of aliphatic carboxylic acids is 1. The maximum absolute atomic E-state index is 12.5. The van der Waals surface area contributed by atoms with Crippen molar-refractivity contribution in [2.24, 2.45) is 0 Å². The normalized spacial score (nSPS) is 10.7. The lowest BCUT2D eigenvalue weighted by atomic mass is 10.2. The molecule has 0 saturated heterocycles. The Morgan fingerprint density at radius 1 is 1.26 bits per heavy atom. The number of rotatable bonds is 7. The molecule has 0 aliphatic carbocycles. The van der Waals surface area contributed by atoms with E-state index in [0.29, 0.717) is 6.54 Å². The lowest BCUT2D eigenvalue weighted by molar-refractivity contribution is -0.137. The summed E-state index contributed by atoms with van der Waals surface area (Å²) in [5.74, 6) is -1.24. The number of carbonyl (C=O) groups is 2. The Bertz CT molecular complexity index is 667. The van der Waals surface area contributed by atoms with Gasteiger partial charge >= 0.3 is 5.97 Å². The van der Waals surface area contributed by atoms with E-state index in [1.54, 1.807) is 10.9 Å². The predicted octanol–water partition coefficient (Wildman–Crippen LogP) is 1.65. The average molecular weight is 316 g/mol. The Kier molecular flexibility index (Phi) is 5.46. The SMILES string of the molecule is CC(C)N(CCC(=O)O)C(=O)c1cn(Cc2ccccc2)nn1. The summed E-state index contributed by atoms with van der Waals surface area (Å²) in [7, 11) is 0. The molecule has 2 rings (SSSR count). The number of hydrogen-bond acceptors (Lipinski definition) is 4. The Hall–Kier alpha value is -2.70. The van der Waals surface area contributed by atoms with Crippen molar-refractivity contribution in [2.75, 3.05) is 6.54 Å². The van der Waals surface area contributed by atoms with Crippen molar-refractivity contribution in [2.45, 2.75) is 32.9 Å². The van der Waals surface area contributed by atoms with Crippen LogP contribution in [0.4, 0.5) is 0 Å². The highest BCUT2D eigenvalue weighted by atomic mass is 16.4. The molecule has 0 fully saturated rings. The number of amides is 1. The van der Waals surface area contributed by atoms with Crippen molar-refractivity contribution in [1.29, 1.82) is 0 Å². The summed E-state index contributed by atoms with van der Waals surface area (Å²) in [5, 5.41) is 16.7. The zero-order valence-electron chi connectivity index (χ0n) is 13.2. The van der Waals surface area contributed by atoms with Gasteiger partial charge in [0.1, 0.15) is 0 Å². The molecule has 1 aromatic carbocycles. The van der Waals surface area contributed by atoms with E-state index in [9.17, 15) is 9.59 Å². The van der Waals surface area contributed by atoms with Crippen molar-refractivity contribution < 1.29 is 14.7 Å². The van der Waals surface area contributed by atoms with E-state index in [4.69, 9.17) is 5.11 Å². The zero-order valence-corrected chi connectivity index (χ0v) is 13.2. The third kappa shape index (κ3) is 4.64. The molecule has 0 aliphatic heterocycles. The smallest absolute Gasteiger partial charge is 0.305 e. The van der Waals surface area contributed by atoms with Gasteiger partial charge in [0.15, 0.2) is 5.69 Å². The molecular weight excluding hydrogens is 296 g/mol. The quantitative estimate of drug-likeness (QED) is 0.839. The maximum atomic E-state index is 12.5. The topological polar surface area (TPSA) is 88.3 Å². The van der Waals surface area contributed by atoms with Crippen LogP contribution in [0.1, 0.15) is 36.3 Å². The van der Waals surface area contributed by atoms with Crippen molar-refractivity contribution in [3.8, 4) is 0 Å². The highest BCUT2D eigenvalue weighted by molar-refractivity contribution is 5.92. The summed E-state index contributed by atoms with van der Waals surface area (Å²) in [5.41, 5.74) is 1.28. The van der Waals surface area contributed by atoms with Gasteiger partial charge in [0.2, 0.25) is 0 Å². The predicted molar refractivity (Wildman–Crippen MR) is 84.0 cm³/mol. The molecule has 0 saturated carbocycles. The molecule has 1 heterocycles. The molecule has 2 aromatic rings. The van der Waals surface area contributed by atoms with Gasteiger partial charge in [0.05, 0.1) is 19.2 Å². The van der Waals surface area contributed by atoms with Gasteiger partial charge in [0, 0.05) is 12.6 Å². The van der Waals surface area contributed by atoms with E-state index in [2.05, 4.69) is 10.3 Å². The number of carbonyl (C=O) groups excluding carboxylic acids is 1. The highest BCUT2D eigenvalue weighted by Gasteiger charge is 2.22. The van der Waals surface area contributed by atoms with Gasteiger partial charge in [-0.1, -0.05) is 35.5 Å². The van der Waals surface area contributed by atoms with Gasteiger partial charge in [-0.15, -0.1) is 5.10 Å². The maximum Gasteiger partial charge on any atom is 0.305 e. The number of aromatic nitrogens is 3. The molecule has 0 spiro atoms. The minimum Gasteiger partial charge on any atom is -0.481 e. The fourth-order valence-corrected chi connectivity index (χ4v) is 2.20. The van der Waals surface area contributed by atoms with Crippen LogP contribution >= 0.6 is 0 Å². The molecule has 122 valence electrons. The van der Waals surface area contributed by atoms with E-state index in [1.807, 2.05) is 44.2 Å². The Balaban J connectivity index is 2.08. The van der Waals surface area contributed by atoms with Crippen LogP contribution in [0.2, 0.25) is 0 Å². The largest absolute Gasteiger partial charge is 0.481 e. The van der Waals surface area contributed by atoms with E-state index >= 15 is 0 Å². The molecule has 0 atom stereocenters. The number of benzene rings is 1. The number of hydrogen-bond donors (Lipinski definition) is 1. The van der Waals surface area contributed by atoms with Gasteiger partial charge in [-0.2, -0.15) is 0 Å². The molecule has 1 N–H and O–H groups in total. The van der Waals surface area contributed by atoms with Crippen LogP contribution in [0.15, 0.2) is 36.5 Å². The van der Waals surface area contributed by atoms with Crippen LogP contribution < -0.4 is 0 Å². The monoisotopic (exact) mass is 316 g/mol. The average Bonchev–Trinajstić information content (AvgIpc) is 2.96. The van der Waals surface area contributed by atoms with E-state index in [0.717, 1.165) is 5.56 Å². The Morgan fingerprint density at radius 3 is 2.57 bits per heavy atom. The van der Waals surface area contributed by atoms with Crippen LogP contribution in [-0.2, 0) is 11.3 Å². The third-order valence-corrected chi connectivity index (χ3v) is 3.40. The van der Waals surface area contributed by atoms with E-state index < -0.39 is 5.97 Å². The van der Waals surface area contributed by atoms with Crippen LogP contribution in [0, 0.1) is 0 Å². The molecular formula is C16H20N4O3. The number of carboxylic acids is 1. The first-order valence-corrected chi connectivity index (χ1v) is 7.44. The van der Waals surface area contributed by atoms with Crippen LogP contribution in [-0.4, -0.2) is 49.5 Å². The fraction of sp³-hybridized carbons (Fsp3) is 0.375. The van der Waals surface area contributed by atoms with E-state index in [1.165, 1.54) is 4.90 Å². The minimum absolute atomic E-state index is 0.0952. The third-order valence-electron chi connectivity index (χ3n) is 3.40. The van der Waals surface area contributed by atoms with Crippen LogP contribution in [0.3, 0.4) is 0 Å². The first kappa shape index (κ1) is 16.7. The summed E-state index contributed by atoms with van der Waals surface area (Å²) < 4.78 is 1.60. The van der Waals surface area contributed by atoms with Crippen LogP contribution in [0.5, 0.6) is 0 Å². The second-order valence-corrected chi connectivity index (χ2v) is 5.52. The van der Waals surface area contributed by atoms with Gasteiger partial charge in [-0.25, -0.2) is 4.68 Å². The zero-order chi connectivity index (χ0) is 16.8. The first-order chi connectivity index (χ1) is 11.0. The molecule has 0 radical (unpaired) electrons. The van der Waals surface area contributed by atoms with Crippen molar-refractivity contribution >= 4 is 11.9 Å². The summed E-state index contributed by atoms with van der Waals surface area (Å²) >= 11 is 0. The second-order valence-electron chi connectivity index (χ2n) is 5.52. The summed E-state index contributed by atoms with van der Waals surface area (Å²) in [4.78, 5) is 24.7. The van der Waals surface area contributed by atoms with Gasteiger partial charge in [-0.05, 0) is 19.4 Å². The summed E-state index contributed by atoms with van der Waals surface area (Å²) in [6.45, 7) is 4.36. The molecule has 1 amide bonds. The number of nitrogens with zero attached hydrogens (tertiary/aromatic N) is 4. The lowest BCUT2D eigenvalue weighted by Crippen LogP contribution is -2.38. The first-order valence-electron chi connectivity index (χ1n) is 7.44. The molecule has 7 nitrogen and oxygen atoms in total. The van der Waals surface area contributed by atoms with Crippen molar-refractivity contribution in [3.05, 3.63) is 47.8 Å². The Labute approximate surface area is 134 Å². The highest BCUT2D eigenvalue weighted by Crippen LogP contribution is 2.08. The summed E-state index contributed by atoms with van der Waals surface area (Å²) in [6, 6.07) is 9.63. The molecule has 0 bridgehead atoms. The summed E-state index contributed by atoms with van der Waals surface area (Å²) in [6.07, 6.45) is 1.49. The second kappa shape index (κ2) is 7.53. The number of carboxylic acid groups (broad SMARTS) is 1. The molecule has 0 unspecified atom stereocenters. The standard InChI is InChI=1S/C16H20N4O3/c1-12(2)20(9-8-15(21)22)16(23)14-11-19(18-17-14)10-13-6-4-3-5-7-13/h3-7,11-12H,8-10H2,1-2H3,(H,21,22). The van der Waals surface area contributed by atoms with Gasteiger partial charge < -0.3 is 10.0 Å². The van der Waals surface area contributed by atoms with Crippen molar-refractivity contribution in [1.82, 2.24) is 19.9 Å². The molecule has 1 aromatic heterocycles. The van der Waals surface area contributed by atoms with E-state index in [-0.39, 0.29) is 30.6 Å². The molecule has 7 heteroatoms. The fourth-order valence-electron chi connectivity index (χ4n) is 2.20. The minimum atomic E-state index is -0.934. The van der Waals surface area contributed by atoms with Crippen LogP contribution in [0.25, 0.3) is 0 Å². The van der Waals surface area contributed by atoms with Gasteiger partial charge in [-0.3, -0.25) is 9.59 Å². The molecule has 0 aliphatic rings. The Morgan fingerprint density at radius 2 is 1.96 bits per heavy atom.